The molecule has 10 nitrogen and oxygen atoms in total. The minimum absolute atomic E-state index is 0.0198. The number of aromatic nitrogens is 2. The van der Waals surface area contributed by atoms with Gasteiger partial charge in [-0.1, -0.05) is 36.4 Å². The molecule has 0 aliphatic carbocycles. The Kier molecular flexibility index (Phi) is 9.53. The lowest BCUT2D eigenvalue weighted by atomic mass is 10.1. The van der Waals surface area contributed by atoms with E-state index in [2.05, 4.69) is 15.1 Å². The Morgan fingerprint density at radius 3 is 2.55 bits per heavy atom. The van der Waals surface area contributed by atoms with Crippen LogP contribution >= 0.6 is 0 Å². The average Bonchev–Trinajstić information content (AvgIpc) is 3.48. The number of nitrogens with zero attached hydrogens (tertiary/aromatic N) is 2. The van der Waals surface area contributed by atoms with Crippen molar-refractivity contribution >= 4 is 21.8 Å². The Balaban J connectivity index is 1.39. The number of ether oxygens (including phenoxy) is 2. The maximum Gasteiger partial charge on any atom is 0.264 e. The summed E-state index contributed by atoms with van der Waals surface area (Å²) in [5, 5.41) is 7.05. The maximum absolute atomic E-state index is 12.5. The molecule has 0 radical (unpaired) electrons. The lowest BCUT2D eigenvalue weighted by molar-refractivity contribution is -0.119. The Hall–Kier alpha value is -4.64. The molecule has 0 aliphatic rings. The van der Waals surface area contributed by atoms with E-state index in [9.17, 15) is 18.0 Å². The summed E-state index contributed by atoms with van der Waals surface area (Å²) >= 11 is 0. The van der Waals surface area contributed by atoms with Gasteiger partial charge in [-0.15, -0.1) is 0 Å². The van der Waals surface area contributed by atoms with Crippen molar-refractivity contribution in [1.82, 2.24) is 19.8 Å². The van der Waals surface area contributed by atoms with E-state index < -0.39 is 15.9 Å². The predicted molar refractivity (Wildman–Crippen MR) is 149 cm³/mol. The van der Waals surface area contributed by atoms with Gasteiger partial charge in [0.1, 0.15) is 18.1 Å². The Morgan fingerprint density at radius 2 is 1.80 bits per heavy atom. The zero-order chi connectivity index (χ0) is 28.4. The molecule has 0 spiro atoms. The minimum atomic E-state index is -3.95. The predicted octanol–water partition coefficient (Wildman–Crippen LogP) is 3.19. The number of sulfonamides is 1. The summed E-state index contributed by atoms with van der Waals surface area (Å²) in [7, 11) is -2.42. The fourth-order valence-electron chi connectivity index (χ4n) is 3.92. The first-order valence-corrected chi connectivity index (χ1v) is 14.1. The Morgan fingerprint density at radius 1 is 0.975 bits per heavy atom. The first-order chi connectivity index (χ1) is 19.3. The van der Waals surface area contributed by atoms with Crippen molar-refractivity contribution in [2.75, 3.05) is 20.3 Å². The van der Waals surface area contributed by atoms with Gasteiger partial charge in [0.05, 0.1) is 25.1 Å². The molecule has 40 heavy (non-hydrogen) atoms. The molecular weight excluding hydrogens is 532 g/mol. The standard InChI is InChI=1S/C29H30N4O6S/c1-38-25-8-5-7-24(20-25)29(35)30-16-18-39-27-19-22(21-33-17-6-15-31-33)11-12-23(27)13-14-28(34)32-40(36,37)26-9-3-2-4-10-26/h2-12,15,17,19-20H,13-14,16,18,21H2,1H3,(H,30,35)(H,32,34). The summed E-state index contributed by atoms with van der Waals surface area (Å²) in [5.41, 5.74) is 2.13. The molecular formula is C29H30N4O6S. The van der Waals surface area contributed by atoms with Gasteiger partial charge in [-0.05, 0) is 60.0 Å². The van der Waals surface area contributed by atoms with E-state index in [0.29, 0.717) is 23.6 Å². The van der Waals surface area contributed by atoms with Crippen LogP contribution in [0.1, 0.15) is 27.9 Å². The molecule has 3 aromatic carbocycles. The molecule has 0 saturated heterocycles. The van der Waals surface area contributed by atoms with E-state index in [4.69, 9.17) is 9.47 Å². The summed E-state index contributed by atoms with van der Waals surface area (Å²) < 4.78 is 40.0. The molecule has 1 heterocycles. The molecule has 0 atom stereocenters. The van der Waals surface area contributed by atoms with Crippen LogP contribution in [0.15, 0.2) is 96.2 Å². The number of carbonyl (C=O) groups excluding carboxylic acids is 2. The van der Waals surface area contributed by atoms with Gasteiger partial charge in [0, 0.05) is 24.4 Å². The molecule has 0 bridgehead atoms. The van der Waals surface area contributed by atoms with Gasteiger partial charge < -0.3 is 14.8 Å². The average molecular weight is 563 g/mol. The van der Waals surface area contributed by atoms with Crippen LogP contribution < -0.4 is 19.5 Å². The molecule has 0 fully saturated rings. The summed E-state index contributed by atoms with van der Waals surface area (Å²) in [5.74, 6) is 0.245. The van der Waals surface area contributed by atoms with Crippen molar-refractivity contribution in [3.63, 3.8) is 0 Å². The van der Waals surface area contributed by atoms with Gasteiger partial charge in [-0.3, -0.25) is 14.3 Å². The number of hydrogen-bond donors (Lipinski definition) is 2. The molecule has 2 amide bonds. The lowest BCUT2D eigenvalue weighted by Gasteiger charge is -2.14. The van der Waals surface area contributed by atoms with E-state index in [0.717, 1.165) is 11.1 Å². The fraction of sp³-hybridized carbons (Fsp3) is 0.207. The molecule has 0 aliphatic heterocycles. The van der Waals surface area contributed by atoms with Crippen LogP contribution in [0.5, 0.6) is 11.5 Å². The van der Waals surface area contributed by atoms with E-state index in [1.807, 2.05) is 30.5 Å². The summed E-state index contributed by atoms with van der Waals surface area (Å²) in [4.78, 5) is 25.0. The van der Waals surface area contributed by atoms with E-state index in [-0.39, 0.29) is 36.8 Å². The molecule has 208 valence electrons. The van der Waals surface area contributed by atoms with Gasteiger partial charge in [-0.25, -0.2) is 13.1 Å². The highest BCUT2D eigenvalue weighted by molar-refractivity contribution is 7.90. The number of methoxy groups -OCH3 is 1. The zero-order valence-electron chi connectivity index (χ0n) is 21.9. The lowest BCUT2D eigenvalue weighted by Crippen LogP contribution is -2.30. The van der Waals surface area contributed by atoms with E-state index in [1.54, 1.807) is 53.3 Å². The van der Waals surface area contributed by atoms with Crippen molar-refractivity contribution in [1.29, 1.82) is 0 Å². The van der Waals surface area contributed by atoms with Gasteiger partial charge in [0.15, 0.2) is 0 Å². The van der Waals surface area contributed by atoms with Crippen LogP contribution in [0.2, 0.25) is 0 Å². The van der Waals surface area contributed by atoms with Crippen molar-refractivity contribution in [3.8, 4) is 11.5 Å². The highest BCUT2D eigenvalue weighted by Crippen LogP contribution is 2.23. The van der Waals surface area contributed by atoms with E-state index in [1.165, 1.54) is 19.2 Å². The number of carbonyl (C=O) groups is 2. The van der Waals surface area contributed by atoms with Gasteiger partial charge in [0.25, 0.3) is 15.9 Å². The molecule has 11 heteroatoms. The van der Waals surface area contributed by atoms with Crippen LogP contribution in [0.4, 0.5) is 0 Å². The number of rotatable bonds is 13. The second-order valence-corrected chi connectivity index (χ2v) is 10.5. The summed E-state index contributed by atoms with van der Waals surface area (Å²) in [6.07, 6.45) is 3.73. The Bertz CT molecular complexity index is 1540. The first kappa shape index (κ1) is 28.4. The van der Waals surface area contributed by atoms with Crippen LogP contribution in [-0.2, 0) is 27.8 Å². The molecule has 0 unspecified atom stereocenters. The first-order valence-electron chi connectivity index (χ1n) is 12.6. The number of hydrogen-bond acceptors (Lipinski definition) is 7. The minimum Gasteiger partial charge on any atom is -0.497 e. The third-order valence-electron chi connectivity index (χ3n) is 5.94. The van der Waals surface area contributed by atoms with Gasteiger partial charge in [-0.2, -0.15) is 5.10 Å². The zero-order valence-corrected chi connectivity index (χ0v) is 22.8. The van der Waals surface area contributed by atoms with Crippen LogP contribution in [0, 0.1) is 0 Å². The van der Waals surface area contributed by atoms with Gasteiger partial charge in [0.2, 0.25) is 5.91 Å². The fourth-order valence-corrected chi connectivity index (χ4v) is 4.95. The number of nitrogens with one attached hydrogen (secondary N) is 2. The second-order valence-electron chi connectivity index (χ2n) is 8.82. The smallest absolute Gasteiger partial charge is 0.264 e. The van der Waals surface area contributed by atoms with Crippen LogP contribution in [0.3, 0.4) is 0 Å². The highest BCUT2D eigenvalue weighted by atomic mass is 32.2. The third-order valence-corrected chi connectivity index (χ3v) is 7.32. The van der Waals surface area contributed by atoms with Crippen molar-refractivity contribution in [2.45, 2.75) is 24.3 Å². The Labute approximate surface area is 233 Å². The molecule has 4 aromatic rings. The number of benzene rings is 3. The quantitative estimate of drug-likeness (QED) is 0.240. The SMILES string of the molecule is COc1cccc(C(=O)NCCOc2cc(Cn3cccn3)ccc2CCC(=O)NS(=O)(=O)c2ccccc2)c1. The van der Waals surface area contributed by atoms with Gasteiger partial charge >= 0.3 is 0 Å². The van der Waals surface area contributed by atoms with Crippen molar-refractivity contribution in [3.05, 3.63) is 108 Å². The monoisotopic (exact) mass is 562 g/mol. The number of aryl methyl sites for hydroxylation is 1. The van der Waals surface area contributed by atoms with Crippen LogP contribution in [0.25, 0.3) is 0 Å². The van der Waals surface area contributed by atoms with E-state index >= 15 is 0 Å². The molecule has 0 saturated carbocycles. The second kappa shape index (κ2) is 13.4. The van der Waals surface area contributed by atoms with Crippen molar-refractivity contribution in [2.24, 2.45) is 0 Å². The van der Waals surface area contributed by atoms with Crippen LogP contribution in [-0.4, -0.2) is 50.3 Å². The molecule has 2 N–H and O–H groups in total. The highest BCUT2D eigenvalue weighted by Gasteiger charge is 2.18. The topological polar surface area (TPSA) is 129 Å². The number of amides is 2. The van der Waals surface area contributed by atoms with Crippen molar-refractivity contribution < 1.29 is 27.5 Å². The normalized spacial score (nSPS) is 11.0. The molecule has 1 aromatic heterocycles. The third kappa shape index (κ3) is 7.93. The largest absolute Gasteiger partial charge is 0.497 e. The maximum atomic E-state index is 12.5. The summed E-state index contributed by atoms with van der Waals surface area (Å²) in [6.45, 7) is 0.948. The summed E-state index contributed by atoms with van der Waals surface area (Å²) in [6, 6.07) is 22.0. The molecule has 4 rings (SSSR count).